The first-order chi connectivity index (χ1) is 21.4. The summed E-state index contributed by atoms with van der Waals surface area (Å²) in [6.45, 7) is 14.5. The van der Waals surface area contributed by atoms with Gasteiger partial charge in [-0.25, -0.2) is 9.37 Å². The molecule has 1 unspecified atom stereocenters. The van der Waals surface area contributed by atoms with E-state index in [1.807, 2.05) is 13.8 Å². The lowest BCUT2D eigenvalue weighted by Crippen LogP contribution is -2.50. The van der Waals surface area contributed by atoms with Crippen LogP contribution in [0.3, 0.4) is 0 Å². The molecule has 1 N–H and O–H groups in total. The normalized spacial score (nSPS) is 23.8. The van der Waals surface area contributed by atoms with Gasteiger partial charge in [0.1, 0.15) is 17.7 Å². The Bertz CT molecular complexity index is 1460. The van der Waals surface area contributed by atoms with Gasteiger partial charge in [0, 0.05) is 29.1 Å². The summed E-state index contributed by atoms with van der Waals surface area (Å²) in [5, 5.41) is 9.83. The highest BCUT2D eigenvalue weighted by molar-refractivity contribution is 5.71. The number of halogens is 1. The number of carboxylic acids is 1. The van der Waals surface area contributed by atoms with Gasteiger partial charge in [-0.2, -0.15) is 0 Å². The summed E-state index contributed by atoms with van der Waals surface area (Å²) in [6.07, 6.45) is 12.6. The first-order valence-electron chi connectivity index (χ1n) is 16.7. The van der Waals surface area contributed by atoms with Crippen molar-refractivity contribution in [1.29, 1.82) is 0 Å². The molecule has 2 fully saturated rings. The Morgan fingerprint density at radius 1 is 1.20 bits per heavy atom. The maximum Gasteiger partial charge on any atom is 0.306 e. The first kappa shape index (κ1) is 33.2. The summed E-state index contributed by atoms with van der Waals surface area (Å²) in [5.74, 6) is 0.0622. The van der Waals surface area contributed by atoms with Gasteiger partial charge in [-0.1, -0.05) is 51.5 Å². The van der Waals surface area contributed by atoms with Crippen molar-refractivity contribution < 1.29 is 23.8 Å². The minimum absolute atomic E-state index is 0.0215. The number of aliphatic carboxylic acids is 1. The molecule has 45 heavy (non-hydrogen) atoms. The van der Waals surface area contributed by atoms with Crippen LogP contribution in [0, 0.1) is 24.6 Å². The quantitative estimate of drug-likeness (QED) is 0.258. The van der Waals surface area contributed by atoms with E-state index in [4.69, 9.17) is 9.47 Å². The molecule has 2 aliphatic carbocycles. The second kappa shape index (κ2) is 13.3. The Kier molecular flexibility index (Phi) is 9.79. The molecule has 4 atom stereocenters. The Morgan fingerprint density at radius 2 is 1.96 bits per heavy atom. The fourth-order valence-corrected chi connectivity index (χ4v) is 7.44. The molecule has 0 spiro atoms. The maximum atomic E-state index is 15.5. The lowest BCUT2D eigenvalue weighted by atomic mass is 9.69. The fourth-order valence-electron chi connectivity index (χ4n) is 7.44. The van der Waals surface area contributed by atoms with Gasteiger partial charge in [-0.15, -0.1) is 0 Å². The Morgan fingerprint density at radius 3 is 2.60 bits per heavy atom. The summed E-state index contributed by atoms with van der Waals surface area (Å²) in [7, 11) is 1.56. The van der Waals surface area contributed by atoms with Gasteiger partial charge in [-0.3, -0.25) is 9.69 Å². The lowest BCUT2D eigenvalue weighted by Gasteiger charge is -2.46. The van der Waals surface area contributed by atoms with E-state index in [2.05, 4.69) is 67.9 Å². The number of ether oxygens (including phenoxy) is 2. The van der Waals surface area contributed by atoms with Crippen LogP contribution in [0.2, 0.25) is 0 Å². The molecule has 2 aromatic rings. The highest BCUT2D eigenvalue weighted by atomic mass is 19.1. The number of piperidine rings is 1. The maximum absolute atomic E-state index is 15.5. The summed E-state index contributed by atoms with van der Waals surface area (Å²) in [6, 6.07) is 7.97. The highest BCUT2D eigenvalue weighted by Gasteiger charge is 2.41. The summed E-state index contributed by atoms with van der Waals surface area (Å²) >= 11 is 0. The minimum atomic E-state index is -0.755. The van der Waals surface area contributed by atoms with Crippen LogP contribution in [0.25, 0.3) is 0 Å². The van der Waals surface area contributed by atoms with Crippen molar-refractivity contribution in [2.45, 2.75) is 109 Å². The van der Waals surface area contributed by atoms with Crippen molar-refractivity contribution in [1.82, 2.24) is 9.88 Å². The average molecular weight is 619 g/mol. The van der Waals surface area contributed by atoms with Crippen molar-refractivity contribution in [2.24, 2.45) is 11.8 Å². The zero-order chi connectivity index (χ0) is 32.5. The van der Waals surface area contributed by atoms with Gasteiger partial charge in [0.25, 0.3) is 0 Å². The van der Waals surface area contributed by atoms with Crippen molar-refractivity contribution in [3.05, 3.63) is 76.3 Å². The van der Waals surface area contributed by atoms with Gasteiger partial charge in [0.2, 0.25) is 5.88 Å². The molecule has 1 saturated heterocycles. The Balaban J connectivity index is 1.49. The molecule has 244 valence electrons. The fraction of sp³-hybridized carbons (Fsp3) is 0.579. The van der Waals surface area contributed by atoms with E-state index in [1.165, 1.54) is 18.2 Å². The predicted molar refractivity (Wildman–Crippen MR) is 177 cm³/mol. The molecule has 5 rings (SSSR count). The second-order valence-electron chi connectivity index (χ2n) is 14.3. The van der Waals surface area contributed by atoms with Gasteiger partial charge >= 0.3 is 5.97 Å². The van der Waals surface area contributed by atoms with Gasteiger partial charge in [-0.05, 0) is 106 Å². The third-order valence-electron chi connectivity index (χ3n) is 10.8. The van der Waals surface area contributed by atoms with Crippen molar-refractivity contribution >= 4 is 5.97 Å². The zero-order valence-electron chi connectivity index (χ0n) is 28.2. The van der Waals surface area contributed by atoms with Crippen LogP contribution in [0.5, 0.6) is 11.6 Å². The molecule has 0 radical (unpaired) electrons. The zero-order valence-corrected chi connectivity index (χ0v) is 28.2. The van der Waals surface area contributed by atoms with Gasteiger partial charge in [0.15, 0.2) is 0 Å². The number of aryl methyl sites for hydroxylation is 1. The first-order valence-corrected chi connectivity index (χ1v) is 16.7. The van der Waals surface area contributed by atoms with E-state index in [0.29, 0.717) is 23.8 Å². The topological polar surface area (TPSA) is 71.9 Å². The third kappa shape index (κ3) is 6.98. The number of benzene rings is 1. The lowest BCUT2D eigenvalue weighted by molar-refractivity contribution is -0.142. The summed E-state index contributed by atoms with van der Waals surface area (Å²) < 4.78 is 27.7. The molecule has 2 heterocycles. The van der Waals surface area contributed by atoms with Gasteiger partial charge < -0.3 is 14.6 Å². The summed E-state index contributed by atoms with van der Waals surface area (Å²) in [5.41, 5.74) is 4.42. The third-order valence-corrected chi connectivity index (χ3v) is 10.8. The SMILES string of the molecule is CC[C@H](Oc1cc([C@H](C2CC2)[C@H](C)C(=O)O)ccc1C)C1=CCC(C)(c2cc(OC)ncc2F)C(CN2CCCCC2(C)C)=C1. The van der Waals surface area contributed by atoms with E-state index < -0.39 is 17.3 Å². The standard InChI is InChI=1S/C38H51FN2O4/c1-8-32(45-33-20-28(12-11-24(33)2)35(26-13-14-26)25(3)36(42)43)27-15-17-38(6,30-21-34(44-7)40-22-31(30)39)29(19-27)23-41-18-10-9-16-37(41,4)5/h11-12,15,19-22,25-26,32,35H,8-10,13-14,16-18,23H2,1-7H3,(H,42,43)/t25-,32-,35-,38?/m0/s1. The number of hydrogen-bond acceptors (Lipinski definition) is 5. The molecule has 6 nitrogen and oxygen atoms in total. The molecule has 1 aromatic heterocycles. The highest BCUT2D eigenvalue weighted by Crippen LogP contribution is 2.48. The number of methoxy groups -OCH3 is 1. The average Bonchev–Trinajstić information content (AvgIpc) is 3.85. The molecule has 0 amide bonds. The second-order valence-corrected chi connectivity index (χ2v) is 14.3. The van der Waals surface area contributed by atoms with Crippen LogP contribution in [0.15, 0.2) is 53.8 Å². The van der Waals surface area contributed by atoms with Crippen molar-refractivity contribution in [2.75, 3.05) is 20.2 Å². The van der Waals surface area contributed by atoms with E-state index in [9.17, 15) is 9.90 Å². The van der Waals surface area contributed by atoms with Crippen LogP contribution >= 0.6 is 0 Å². The number of rotatable bonds is 12. The van der Waals surface area contributed by atoms with E-state index >= 15 is 4.39 Å². The number of allylic oxidation sites excluding steroid dienone is 1. The smallest absolute Gasteiger partial charge is 0.306 e. The molecule has 1 aromatic carbocycles. The van der Waals surface area contributed by atoms with Gasteiger partial charge in [0.05, 0.1) is 19.2 Å². The van der Waals surface area contributed by atoms with Crippen LogP contribution in [0.4, 0.5) is 4.39 Å². The largest absolute Gasteiger partial charge is 0.485 e. The van der Waals surface area contributed by atoms with Crippen LogP contribution < -0.4 is 9.47 Å². The number of nitrogens with zero attached hydrogens (tertiary/aromatic N) is 2. The number of hydrogen-bond donors (Lipinski definition) is 1. The monoisotopic (exact) mass is 618 g/mol. The van der Waals surface area contributed by atoms with E-state index in [-0.39, 0.29) is 23.4 Å². The Hall–Kier alpha value is -3.19. The Labute approximate surface area is 268 Å². The number of pyridine rings is 1. The number of aromatic nitrogens is 1. The molecule has 0 bridgehead atoms. The molecular formula is C38H51FN2O4. The van der Waals surface area contributed by atoms with E-state index in [0.717, 1.165) is 67.6 Å². The van der Waals surface area contributed by atoms with Crippen LogP contribution in [-0.4, -0.2) is 52.8 Å². The van der Waals surface area contributed by atoms with Crippen molar-refractivity contribution in [3.63, 3.8) is 0 Å². The molecule has 7 heteroatoms. The molecule has 1 saturated carbocycles. The van der Waals surface area contributed by atoms with Crippen LogP contribution in [0.1, 0.15) is 102 Å². The predicted octanol–water partition coefficient (Wildman–Crippen LogP) is 8.39. The minimum Gasteiger partial charge on any atom is -0.485 e. The summed E-state index contributed by atoms with van der Waals surface area (Å²) in [4.78, 5) is 18.6. The number of carbonyl (C=O) groups is 1. The van der Waals surface area contributed by atoms with Crippen LogP contribution in [-0.2, 0) is 10.2 Å². The number of carboxylic acid groups (broad SMARTS) is 1. The number of likely N-dealkylation sites (tertiary alicyclic amines) is 1. The van der Waals surface area contributed by atoms with E-state index in [1.54, 1.807) is 13.2 Å². The molecule has 3 aliphatic rings. The molecule has 1 aliphatic heterocycles. The van der Waals surface area contributed by atoms with Crippen molar-refractivity contribution in [3.8, 4) is 11.6 Å². The molecular weight excluding hydrogens is 567 g/mol.